The molecule has 2 N–H and O–H groups in total. The molecule has 0 fully saturated rings. The Morgan fingerprint density at radius 3 is 2.48 bits per heavy atom. The van der Waals surface area contributed by atoms with Gasteiger partial charge in [-0.05, 0) is 24.3 Å². The predicted octanol–water partition coefficient (Wildman–Crippen LogP) is 1.30. The largest absolute Gasteiger partial charge is 0.497 e. The van der Waals surface area contributed by atoms with Crippen LogP contribution in [0.2, 0.25) is 0 Å². The highest BCUT2D eigenvalue weighted by Crippen LogP contribution is 2.28. The summed E-state index contributed by atoms with van der Waals surface area (Å²) in [7, 11) is 2.06. The van der Waals surface area contributed by atoms with Gasteiger partial charge in [-0.3, -0.25) is 10.1 Å². The summed E-state index contributed by atoms with van der Waals surface area (Å²) in [5, 5.41) is 14.5. The minimum absolute atomic E-state index is 0.00860. The highest BCUT2D eigenvalue weighted by molar-refractivity contribution is 7.90. The van der Waals surface area contributed by atoms with E-state index in [1.54, 1.807) is 7.11 Å². The number of hydrogen-bond acceptors (Lipinski definition) is 6. The molecule has 0 aliphatic heterocycles. The number of nitrogens with zero attached hydrogens (tertiary/aromatic N) is 1. The zero-order chi connectivity index (χ0) is 20.2. The molecule has 2 aromatic rings. The quantitative estimate of drug-likeness (QED) is 0.517. The summed E-state index contributed by atoms with van der Waals surface area (Å²) in [5.74, 6) is 0.738. The highest BCUT2D eigenvalue weighted by atomic mass is 32.2. The summed E-state index contributed by atoms with van der Waals surface area (Å²) >= 11 is 0. The molecule has 146 valence electrons. The number of nitro groups is 1. The molecule has 0 saturated heterocycles. The Hall–Kier alpha value is -2.65. The molecular formula is C18H24N3O5S+. The molecule has 2 aromatic carbocycles. The molecule has 9 heteroatoms. The molecule has 0 bridgehead atoms. The first kappa shape index (κ1) is 20.7. The number of anilines is 1. The average molecular weight is 394 g/mol. The van der Waals surface area contributed by atoms with Gasteiger partial charge in [0.05, 0.1) is 37.6 Å². The van der Waals surface area contributed by atoms with E-state index in [0.717, 1.165) is 28.5 Å². The molecule has 0 amide bonds. The van der Waals surface area contributed by atoms with Crippen LogP contribution in [0.1, 0.15) is 11.6 Å². The van der Waals surface area contributed by atoms with Gasteiger partial charge in [-0.2, -0.15) is 0 Å². The minimum Gasteiger partial charge on any atom is -0.497 e. The lowest BCUT2D eigenvalue weighted by Crippen LogP contribution is -3.06. The lowest BCUT2D eigenvalue weighted by atomic mass is 10.1. The molecule has 2 rings (SSSR count). The molecule has 0 aliphatic rings. The Bertz CT molecular complexity index is 928. The maximum atomic E-state index is 11.7. The number of ether oxygens (including phenoxy) is 1. The molecule has 0 radical (unpaired) electrons. The van der Waals surface area contributed by atoms with Crippen LogP contribution in [0.5, 0.6) is 5.75 Å². The van der Waals surface area contributed by atoms with E-state index in [1.807, 2.05) is 38.4 Å². The summed E-state index contributed by atoms with van der Waals surface area (Å²) in [6.07, 6.45) is 1.02. The topological polar surface area (TPSA) is 103 Å². The van der Waals surface area contributed by atoms with Crippen molar-refractivity contribution in [1.29, 1.82) is 0 Å². The van der Waals surface area contributed by atoms with Crippen LogP contribution in [-0.2, 0) is 9.84 Å². The van der Waals surface area contributed by atoms with Crippen LogP contribution in [-0.4, -0.2) is 47.3 Å². The molecule has 27 heavy (non-hydrogen) atoms. The second-order valence-corrected chi connectivity index (χ2v) is 8.51. The Kier molecular flexibility index (Phi) is 6.40. The molecule has 0 spiro atoms. The monoisotopic (exact) mass is 394 g/mol. The van der Waals surface area contributed by atoms with E-state index in [2.05, 4.69) is 5.32 Å². The molecule has 0 saturated carbocycles. The summed E-state index contributed by atoms with van der Waals surface area (Å²) in [6, 6.07) is 11.6. The van der Waals surface area contributed by atoms with Gasteiger partial charge in [0.2, 0.25) is 0 Å². The zero-order valence-corrected chi connectivity index (χ0v) is 16.5. The first-order chi connectivity index (χ1) is 12.6. The van der Waals surface area contributed by atoms with Gasteiger partial charge < -0.3 is 15.0 Å². The second kappa shape index (κ2) is 8.36. The van der Waals surface area contributed by atoms with Gasteiger partial charge >= 0.3 is 0 Å². The van der Waals surface area contributed by atoms with Crippen molar-refractivity contribution in [2.45, 2.75) is 10.9 Å². The summed E-state index contributed by atoms with van der Waals surface area (Å²) in [4.78, 5) is 11.8. The van der Waals surface area contributed by atoms with Gasteiger partial charge in [-0.25, -0.2) is 8.42 Å². The van der Waals surface area contributed by atoms with Crippen molar-refractivity contribution in [3.05, 3.63) is 58.1 Å². The molecule has 0 aliphatic carbocycles. The van der Waals surface area contributed by atoms with Gasteiger partial charge in [-0.15, -0.1) is 0 Å². The number of likely N-dealkylation sites (N-methyl/N-ethyl adjacent to an activating group) is 1. The summed E-state index contributed by atoms with van der Waals surface area (Å²) in [6.45, 7) is 0.425. The first-order valence-electron chi connectivity index (χ1n) is 8.30. The van der Waals surface area contributed by atoms with E-state index in [-0.39, 0.29) is 22.3 Å². The number of rotatable bonds is 8. The van der Waals surface area contributed by atoms with Crippen molar-refractivity contribution in [3.63, 3.8) is 0 Å². The normalized spacial score (nSPS) is 12.6. The van der Waals surface area contributed by atoms with Gasteiger partial charge in [0.25, 0.3) is 5.69 Å². The minimum atomic E-state index is -3.52. The maximum absolute atomic E-state index is 11.7. The van der Waals surface area contributed by atoms with Crippen LogP contribution in [0.4, 0.5) is 11.4 Å². The van der Waals surface area contributed by atoms with Crippen molar-refractivity contribution in [2.75, 3.05) is 39.3 Å². The van der Waals surface area contributed by atoms with Crippen LogP contribution in [0.15, 0.2) is 47.4 Å². The van der Waals surface area contributed by atoms with Gasteiger partial charge in [0, 0.05) is 17.9 Å². The Morgan fingerprint density at radius 1 is 1.22 bits per heavy atom. The maximum Gasteiger partial charge on any atom is 0.293 e. The molecular weight excluding hydrogens is 370 g/mol. The van der Waals surface area contributed by atoms with E-state index in [9.17, 15) is 18.5 Å². The van der Waals surface area contributed by atoms with Crippen molar-refractivity contribution in [3.8, 4) is 5.75 Å². The number of hydrogen-bond donors (Lipinski definition) is 2. The average Bonchev–Trinajstić information content (AvgIpc) is 2.60. The molecule has 0 unspecified atom stereocenters. The SMILES string of the molecule is COc1cccc([C@@H](CNc2ccc(S(C)(=O)=O)cc2[N+](=O)[O-])[NH+](C)C)c1. The van der Waals surface area contributed by atoms with Gasteiger partial charge in [-0.1, -0.05) is 12.1 Å². The van der Waals surface area contributed by atoms with Crippen molar-refractivity contribution in [1.82, 2.24) is 0 Å². The number of methoxy groups -OCH3 is 1. The predicted molar refractivity (Wildman–Crippen MR) is 103 cm³/mol. The first-order valence-corrected chi connectivity index (χ1v) is 10.2. The third-order valence-electron chi connectivity index (χ3n) is 4.28. The third kappa shape index (κ3) is 5.18. The van der Waals surface area contributed by atoms with Crippen LogP contribution in [0.3, 0.4) is 0 Å². The number of nitro benzene ring substituents is 1. The van der Waals surface area contributed by atoms with Crippen LogP contribution in [0, 0.1) is 10.1 Å². The van der Waals surface area contributed by atoms with E-state index < -0.39 is 14.8 Å². The summed E-state index contributed by atoms with van der Waals surface area (Å²) < 4.78 is 28.6. The fraction of sp³-hybridized carbons (Fsp3) is 0.333. The lowest BCUT2D eigenvalue weighted by molar-refractivity contribution is -0.890. The van der Waals surface area contributed by atoms with Crippen LogP contribution >= 0.6 is 0 Å². The van der Waals surface area contributed by atoms with Crippen LogP contribution in [0.25, 0.3) is 0 Å². The third-order valence-corrected chi connectivity index (χ3v) is 5.39. The lowest BCUT2D eigenvalue weighted by Gasteiger charge is -2.23. The van der Waals surface area contributed by atoms with Crippen LogP contribution < -0.4 is 15.0 Å². The number of sulfone groups is 1. The Labute approximate surface area is 158 Å². The smallest absolute Gasteiger partial charge is 0.293 e. The molecule has 0 heterocycles. The standard InChI is InChI=1S/C18H23N3O5S/c1-20(2)18(13-6-5-7-14(10-13)26-3)12-19-16-9-8-15(27(4,24)25)11-17(16)21(22)23/h5-11,18-19H,12H2,1-4H3/p+1/t18-/m1/s1. The number of benzene rings is 2. The van der Waals surface area contributed by atoms with Crippen molar-refractivity contribution < 1.29 is 23.0 Å². The second-order valence-electron chi connectivity index (χ2n) is 6.50. The van der Waals surface area contributed by atoms with E-state index in [0.29, 0.717) is 6.54 Å². The molecule has 1 atom stereocenters. The van der Waals surface area contributed by atoms with E-state index >= 15 is 0 Å². The number of nitrogens with one attached hydrogen (secondary N) is 2. The highest BCUT2D eigenvalue weighted by Gasteiger charge is 2.22. The fourth-order valence-electron chi connectivity index (χ4n) is 2.77. The van der Waals surface area contributed by atoms with Gasteiger partial charge in [0.15, 0.2) is 9.84 Å². The van der Waals surface area contributed by atoms with E-state index in [4.69, 9.17) is 4.74 Å². The molecule has 8 nitrogen and oxygen atoms in total. The van der Waals surface area contributed by atoms with E-state index in [1.165, 1.54) is 12.1 Å². The molecule has 0 aromatic heterocycles. The Morgan fingerprint density at radius 2 is 1.93 bits per heavy atom. The Balaban J connectivity index is 2.30. The summed E-state index contributed by atoms with van der Waals surface area (Å²) in [5.41, 5.74) is 1.04. The van der Waals surface area contributed by atoms with Crippen molar-refractivity contribution in [2.24, 2.45) is 0 Å². The zero-order valence-electron chi connectivity index (χ0n) is 15.7. The number of quaternary nitrogens is 1. The van der Waals surface area contributed by atoms with Crippen molar-refractivity contribution >= 4 is 21.2 Å². The fourth-order valence-corrected chi connectivity index (χ4v) is 3.41. The van der Waals surface area contributed by atoms with Gasteiger partial charge in [0.1, 0.15) is 17.5 Å².